The van der Waals surface area contributed by atoms with Gasteiger partial charge in [-0.1, -0.05) is 200 Å². The maximum Gasteiger partial charge on any atom is 0.0788 e. The van der Waals surface area contributed by atoms with Crippen LogP contribution in [0.25, 0.3) is 131 Å². The molecule has 12 aromatic carbocycles. The molecule has 0 aliphatic heterocycles. The molecule has 62 heavy (non-hydrogen) atoms. The second-order valence-corrected chi connectivity index (χ2v) is 16.5. The fraction of sp³-hybridized carbons (Fsp3) is 0. The molecule has 0 radical (unpaired) electrons. The van der Waals surface area contributed by atoms with Crippen LogP contribution in [0.2, 0.25) is 0 Å². The molecule has 0 spiro atoms. The molecule has 286 valence electrons. The van der Waals surface area contributed by atoms with E-state index in [-0.39, 0.29) is 0 Å². The van der Waals surface area contributed by atoms with Crippen molar-refractivity contribution >= 4 is 86.3 Å². The molecule has 1 aromatic heterocycles. The molecule has 0 unspecified atom stereocenters. The first-order valence-corrected chi connectivity index (χ1v) is 21.5. The van der Waals surface area contributed by atoms with Crippen LogP contribution in [0.4, 0.5) is 0 Å². The first-order chi connectivity index (χ1) is 30.8. The van der Waals surface area contributed by atoms with Crippen molar-refractivity contribution in [2.45, 2.75) is 0 Å². The van der Waals surface area contributed by atoms with Crippen LogP contribution in [0.15, 0.2) is 224 Å². The molecule has 1 heterocycles. The number of hydrogen-bond acceptors (Lipinski definition) is 1. The lowest BCUT2D eigenvalue weighted by Crippen LogP contribution is -1.94. The Balaban J connectivity index is 1.10. The monoisotopic (exact) mass is 783 g/mol. The Bertz CT molecular complexity index is 3970. The zero-order chi connectivity index (χ0) is 40.7. The lowest BCUT2D eigenvalue weighted by Gasteiger charge is -2.21. The fourth-order valence-electron chi connectivity index (χ4n) is 10.4. The molecule has 0 bridgehead atoms. The van der Waals surface area contributed by atoms with Crippen LogP contribution in [0.3, 0.4) is 0 Å². The Morgan fingerprint density at radius 2 is 0.613 bits per heavy atom. The zero-order valence-corrected chi connectivity index (χ0v) is 33.8. The van der Waals surface area contributed by atoms with E-state index in [1.54, 1.807) is 0 Å². The van der Waals surface area contributed by atoms with Gasteiger partial charge in [0, 0.05) is 16.3 Å². The summed E-state index contributed by atoms with van der Waals surface area (Å²) in [6.45, 7) is 0. The molecule has 0 saturated heterocycles. The van der Waals surface area contributed by atoms with Gasteiger partial charge in [0.15, 0.2) is 0 Å². The van der Waals surface area contributed by atoms with E-state index in [0.29, 0.717) is 0 Å². The average Bonchev–Trinajstić information content (AvgIpc) is 3.35. The van der Waals surface area contributed by atoms with Gasteiger partial charge in [0.25, 0.3) is 0 Å². The summed E-state index contributed by atoms with van der Waals surface area (Å²) in [7, 11) is 0. The summed E-state index contributed by atoms with van der Waals surface area (Å²) >= 11 is 0. The molecule has 13 rings (SSSR count). The molecule has 0 amide bonds. The summed E-state index contributed by atoms with van der Waals surface area (Å²) < 4.78 is 0. The highest BCUT2D eigenvalue weighted by Gasteiger charge is 2.22. The lowest BCUT2D eigenvalue weighted by atomic mass is 9.81. The highest BCUT2D eigenvalue weighted by atomic mass is 14.7. The molecular weight excluding hydrogens is 747 g/mol. The number of para-hydroxylation sites is 1. The van der Waals surface area contributed by atoms with Crippen LogP contribution in [0.5, 0.6) is 0 Å². The molecule has 13 aromatic rings. The quantitative estimate of drug-likeness (QED) is 0.128. The standard InChI is InChI=1S/C61H37N/c1-3-17-43-41(15-1)36-55(47-21-7-5-19-45(43)47)59-51-25-10-11-26-52(51)60(56-37-42-16-2-4-18-44(42)46-20-6-8-22-48(46)56)57-35-40(33-34-53(57)59)38-29-31-39(32-30-38)61-54-27-12-9-23-49(54)50-24-13-14-28-58(50)62-61/h1-37H. The molecule has 0 aliphatic carbocycles. The van der Waals surface area contributed by atoms with Crippen LogP contribution < -0.4 is 0 Å². The van der Waals surface area contributed by atoms with Crippen molar-refractivity contribution in [1.82, 2.24) is 4.98 Å². The van der Waals surface area contributed by atoms with Gasteiger partial charge in [-0.2, -0.15) is 0 Å². The minimum atomic E-state index is 1.01. The largest absolute Gasteiger partial charge is 0.247 e. The maximum absolute atomic E-state index is 5.22. The van der Waals surface area contributed by atoms with E-state index in [9.17, 15) is 0 Å². The van der Waals surface area contributed by atoms with Gasteiger partial charge in [0.1, 0.15) is 0 Å². The smallest absolute Gasteiger partial charge is 0.0788 e. The molecule has 0 fully saturated rings. The third-order valence-corrected chi connectivity index (χ3v) is 13.2. The molecule has 0 N–H and O–H groups in total. The van der Waals surface area contributed by atoms with E-state index in [1.165, 1.54) is 109 Å². The first-order valence-electron chi connectivity index (χ1n) is 21.5. The van der Waals surface area contributed by atoms with Crippen LogP contribution in [0.1, 0.15) is 0 Å². The summed E-state index contributed by atoms with van der Waals surface area (Å²) in [6.07, 6.45) is 0. The average molecular weight is 784 g/mol. The highest BCUT2D eigenvalue weighted by Crippen LogP contribution is 2.49. The van der Waals surface area contributed by atoms with E-state index in [2.05, 4.69) is 224 Å². The normalized spacial score (nSPS) is 11.9. The van der Waals surface area contributed by atoms with Crippen molar-refractivity contribution < 1.29 is 0 Å². The molecule has 0 saturated carbocycles. The number of nitrogens with zero attached hydrogens (tertiary/aromatic N) is 1. The lowest BCUT2D eigenvalue weighted by molar-refractivity contribution is 1.43. The van der Waals surface area contributed by atoms with Crippen LogP contribution in [0, 0.1) is 0 Å². The van der Waals surface area contributed by atoms with Gasteiger partial charge in [-0.25, -0.2) is 4.98 Å². The van der Waals surface area contributed by atoms with E-state index in [0.717, 1.165) is 22.2 Å². The number of fused-ring (bicyclic) bond motifs is 11. The van der Waals surface area contributed by atoms with Gasteiger partial charge in [-0.05, 0) is 128 Å². The van der Waals surface area contributed by atoms with Gasteiger partial charge < -0.3 is 0 Å². The molecule has 0 aliphatic rings. The topological polar surface area (TPSA) is 12.9 Å². The van der Waals surface area contributed by atoms with E-state index < -0.39 is 0 Å². The van der Waals surface area contributed by atoms with E-state index >= 15 is 0 Å². The highest BCUT2D eigenvalue weighted by molar-refractivity contribution is 6.28. The number of benzene rings is 12. The Kier molecular flexibility index (Phi) is 7.67. The van der Waals surface area contributed by atoms with Crippen molar-refractivity contribution in [2.24, 2.45) is 0 Å². The summed E-state index contributed by atoms with van der Waals surface area (Å²) in [5.41, 5.74) is 10.5. The zero-order valence-electron chi connectivity index (χ0n) is 33.8. The summed E-state index contributed by atoms with van der Waals surface area (Å²) in [6, 6.07) is 82.7. The number of rotatable bonds is 4. The number of pyridine rings is 1. The summed E-state index contributed by atoms with van der Waals surface area (Å²) in [5.74, 6) is 0. The number of aromatic nitrogens is 1. The van der Waals surface area contributed by atoms with Crippen molar-refractivity contribution in [3.63, 3.8) is 0 Å². The van der Waals surface area contributed by atoms with Crippen molar-refractivity contribution in [2.75, 3.05) is 0 Å². The van der Waals surface area contributed by atoms with Gasteiger partial charge in [-0.15, -0.1) is 0 Å². The Morgan fingerprint density at radius 1 is 0.226 bits per heavy atom. The predicted octanol–water partition coefficient (Wildman–Crippen LogP) is 17.0. The maximum atomic E-state index is 5.22. The Hall–Kier alpha value is -8.13. The molecule has 1 heteroatoms. The second kappa shape index (κ2) is 13.7. The van der Waals surface area contributed by atoms with Crippen molar-refractivity contribution in [1.29, 1.82) is 0 Å². The van der Waals surface area contributed by atoms with Crippen LogP contribution in [-0.2, 0) is 0 Å². The Morgan fingerprint density at radius 3 is 1.19 bits per heavy atom. The Labute approximate surface area is 358 Å². The third-order valence-electron chi connectivity index (χ3n) is 13.2. The minimum Gasteiger partial charge on any atom is -0.247 e. The van der Waals surface area contributed by atoms with Gasteiger partial charge >= 0.3 is 0 Å². The fourth-order valence-corrected chi connectivity index (χ4v) is 10.4. The van der Waals surface area contributed by atoms with Crippen molar-refractivity contribution in [3.8, 4) is 44.6 Å². The second-order valence-electron chi connectivity index (χ2n) is 16.5. The van der Waals surface area contributed by atoms with Gasteiger partial charge in [0.05, 0.1) is 11.2 Å². The SMILES string of the molecule is c1ccc2c(c1)cc(-c1c3ccccc3c(-c3cc4ccccc4c4ccccc34)c3cc(-c4ccc(-c5nc6ccccc6c6ccccc56)cc4)ccc13)c1ccccc12. The van der Waals surface area contributed by atoms with Crippen LogP contribution in [-0.4, -0.2) is 4.98 Å². The summed E-state index contributed by atoms with van der Waals surface area (Å²) in [4.78, 5) is 5.22. The molecule has 0 atom stereocenters. The van der Waals surface area contributed by atoms with Crippen LogP contribution >= 0.6 is 0 Å². The third kappa shape index (κ3) is 5.25. The predicted molar refractivity (Wildman–Crippen MR) is 266 cm³/mol. The first kappa shape index (κ1) is 34.7. The van der Waals surface area contributed by atoms with E-state index in [4.69, 9.17) is 4.98 Å². The number of hydrogen-bond donors (Lipinski definition) is 0. The van der Waals surface area contributed by atoms with E-state index in [1.807, 2.05) is 0 Å². The molecular formula is C61H37N. The minimum absolute atomic E-state index is 1.01. The molecule has 1 nitrogen and oxygen atoms in total. The summed E-state index contributed by atoms with van der Waals surface area (Å²) in [5, 5.41) is 18.6. The van der Waals surface area contributed by atoms with Crippen molar-refractivity contribution in [3.05, 3.63) is 224 Å². The van der Waals surface area contributed by atoms with Gasteiger partial charge in [-0.3, -0.25) is 0 Å². The van der Waals surface area contributed by atoms with Gasteiger partial charge in [0.2, 0.25) is 0 Å².